The van der Waals surface area contributed by atoms with Gasteiger partial charge in [0.1, 0.15) is 5.84 Å². The molecule has 1 rings (SSSR count). The molecule has 6 nitrogen and oxygen atoms in total. The normalized spacial score (nSPS) is 11.4. The number of benzene rings is 1. The van der Waals surface area contributed by atoms with Gasteiger partial charge in [-0.15, -0.1) is 0 Å². The summed E-state index contributed by atoms with van der Waals surface area (Å²) in [5.74, 6) is -0.762. The summed E-state index contributed by atoms with van der Waals surface area (Å²) in [7, 11) is 0. The van der Waals surface area contributed by atoms with E-state index in [1.807, 2.05) is 62.1 Å². The van der Waals surface area contributed by atoms with Gasteiger partial charge in [0, 0.05) is 30.8 Å². The Bertz CT molecular complexity index is 749. The fourth-order valence-electron chi connectivity index (χ4n) is 2.35. The number of carbonyl (C=O) groups is 2. The van der Waals surface area contributed by atoms with Crippen LogP contribution in [0.1, 0.15) is 47.1 Å². The number of nitrogens with two attached hydrogens (primary N) is 1. The first-order valence-electron chi connectivity index (χ1n) is 8.85. The second-order valence-corrected chi connectivity index (χ2v) is 5.80. The first-order chi connectivity index (χ1) is 13.0. The second kappa shape index (κ2) is 11.5. The highest BCUT2D eigenvalue weighted by Crippen LogP contribution is 2.15. The highest BCUT2D eigenvalue weighted by molar-refractivity contribution is 6.09. The van der Waals surface area contributed by atoms with Crippen LogP contribution in [0.15, 0.2) is 54.7 Å². The van der Waals surface area contributed by atoms with Crippen LogP contribution < -0.4 is 11.1 Å². The molecule has 0 saturated heterocycles. The number of allylic oxidation sites excluding steroid dienone is 3. The van der Waals surface area contributed by atoms with Gasteiger partial charge in [-0.1, -0.05) is 36.5 Å². The maximum Gasteiger partial charge on any atom is 0.252 e. The smallest absolute Gasteiger partial charge is 0.252 e. The predicted octanol–water partition coefficient (Wildman–Crippen LogP) is 2.87. The van der Waals surface area contributed by atoms with Gasteiger partial charge in [-0.3, -0.25) is 15.0 Å². The van der Waals surface area contributed by atoms with Crippen molar-refractivity contribution in [3.8, 4) is 0 Å². The monoisotopic (exact) mass is 368 g/mol. The van der Waals surface area contributed by atoms with E-state index in [1.54, 1.807) is 12.1 Å². The average Bonchev–Trinajstić information content (AvgIpc) is 2.67. The molecule has 0 atom stereocenters. The molecule has 0 unspecified atom stereocenters. The molecule has 0 heterocycles. The van der Waals surface area contributed by atoms with Crippen LogP contribution in [0, 0.1) is 5.41 Å². The van der Waals surface area contributed by atoms with Crippen molar-refractivity contribution in [2.75, 3.05) is 19.6 Å². The van der Waals surface area contributed by atoms with Gasteiger partial charge in [0.15, 0.2) is 0 Å². The molecule has 0 aliphatic heterocycles. The fourth-order valence-corrected chi connectivity index (χ4v) is 2.35. The van der Waals surface area contributed by atoms with Crippen LogP contribution in [0.3, 0.4) is 0 Å². The lowest BCUT2D eigenvalue weighted by Gasteiger charge is -2.24. The number of amides is 2. The molecule has 0 aliphatic rings. The second-order valence-electron chi connectivity index (χ2n) is 5.80. The van der Waals surface area contributed by atoms with Crippen molar-refractivity contribution in [2.24, 2.45) is 5.73 Å². The highest BCUT2D eigenvalue weighted by Gasteiger charge is 2.19. The van der Waals surface area contributed by atoms with Gasteiger partial charge in [-0.2, -0.15) is 0 Å². The SMILES string of the molecule is CC=CCNC(=O)c1cc(C(N)=O)ccc1C(=N)N(CC=CC)CC=CC. The Morgan fingerprint density at radius 2 is 1.63 bits per heavy atom. The highest BCUT2D eigenvalue weighted by atomic mass is 16.2. The van der Waals surface area contributed by atoms with E-state index in [0.29, 0.717) is 25.2 Å². The number of primary amides is 1. The van der Waals surface area contributed by atoms with Gasteiger partial charge in [0.2, 0.25) is 5.91 Å². The Kier molecular flexibility index (Phi) is 9.29. The maximum atomic E-state index is 12.6. The van der Waals surface area contributed by atoms with Crippen molar-refractivity contribution in [1.82, 2.24) is 10.2 Å². The van der Waals surface area contributed by atoms with E-state index in [4.69, 9.17) is 11.1 Å². The average molecular weight is 368 g/mol. The number of rotatable bonds is 9. The number of carbonyl (C=O) groups excluding carboxylic acids is 2. The standard InChI is InChI=1S/C21H28N4O2/c1-4-7-12-24-21(27)18-15-16(20(23)26)10-11-17(18)19(22)25(13-8-5-2)14-9-6-3/h4-11,15,22H,12-14H2,1-3H3,(H2,23,26)(H,24,27). The van der Waals surface area contributed by atoms with E-state index in [9.17, 15) is 9.59 Å². The van der Waals surface area contributed by atoms with Gasteiger partial charge in [-0.25, -0.2) is 0 Å². The minimum absolute atomic E-state index is 0.207. The lowest BCUT2D eigenvalue weighted by Crippen LogP contribution is -2.34. The summed E-state index contributed by atoms with van der Waals surface area (Å²) < 4.78 is 0. The summed E-state index contributed by atoms with van der Waals surface area (Å²) >= 11 is 0. The topological polar surface area (TPSA) is 99.3 Å². The van der Waals surface area contributed by atoms with E-state index >= 15 is 0 Å². The zero-order chi connectivity index (χ0) is 20.2. The van der Waals surface area contributed by atoms with Gasteiger partial charge in [0.25, 0.3) is 5.91 Å². The third-order valence-corrected chi connectivity index (χ3v) is 3.86. The van der Waals surface area contributed by atoms with Crippen LogP contribution in [-0.4, -0.2) is 42.2 Å². The molecule has 27 heavy (non-hydrogen) atoms. The van der Waals surface area contributed by atoms with Gasteiger partial charge in [0.05, 0.1) is 5.56 Å². The van der Waals surface area contributed by atoms with Crippen LogP contribution >= 0.6 is 0 Å². The van der Waals surface area contributed by atoms with Crippen LogP contribution in [0.5, 0.6) is 0 Å². The Morgan fingerprint density at radius 3 is 2.15 bits per heavy atom. The zero-order valence-electron chi connectivity index (χ0n) is 16.2. The molecular weight excluding hydrogens is 340 g/mol. The van der Waals surface area contributed by atoms with Crippen LogP contribution in [0.4, 0.5) is 0 Å². The van der Waals surface area contributed by atoms with E-state index in [-0.39, 0.29) is 22.9 Å². The van der Waals surface area contributed by atoms with Crippen LogP contribution in [0.2, 0.25) is 0 Å². The van der Waals surface area contributed by atoms with Crippen molar-refractivity contribution in [3.63, 3.8) is 0 Å². The third-order valence-electron chi connectivity index (χ3n) is 3.86. The number of amidine groups is 1. The van der Waals surface area contributed by atoms with Gasteiger partial charge in [-0.05, 0) is 39.0 Å². The summed E-state index contributed by atoms with van der Waals surface area (Å²) in [6.07, 6.45) is 11.4. The molecular formula is C21H28N4O2. The molecule has 6 heteroatoms. The lowest BCUT2D eigenvalue weighted by molar-refractivity contribution is 0.0957. The summed E-state index contributed by atoms with van der Waals surface area (Å²) in [4.78, 5) is 26.0. The van der Waals surface area contributed by atoms with Crippen molar-refractivity contribution in [2.45, 2.75) is 20.8 Å². The summed E-state index contributed by atoms with van der Waals surface area (Å²) in [5, 5.41) is 11.4. The van der Waals surface area contributed by atoms with Crippen molar-refractivity contribution in [1.29, 1.82) is 5.41 Å². The third kappa shape index (κ3) is 6.58. The minimum Gasteiger partial charge on any atom is -0.366 e. The molecule has 0 radical (unpaired) electrons. The fraction of sp³-hybridized carbons (Fsp3) is 0.286. The number of hydrogen-bond acceptors (Lipinski definition) is 3. The molecule has 0 bridgehead atoms. The predicted molar refractivity (Wildman–Crippen MR) is 110 cm³/mol. The Morgan fingerprint density at radius 1 is 1.04 bits per heavy atom. The molecule has 4 N–H and O–H groups in total. The Hall–Kier alpha value is -3.15. The lowest BCUT2D eigenvalue weighted by atomic mass is 10.0. The summed E-state index contributed by atoms with van der Waals surface area (Å²) in [6.45, 7) is 7.14. The summed E-state index contributed by atoms with van der Waals surface area (Å²) in [6, 6.07) is 4.59. The number of hydrogen-bond donors (Lipinski definition) is 3. The first kappa shape index (κ1) is 21.9. The largest absolute Gasteiger partial charge is 0.366 e. The molecule has 2 amide bonds. The molecule has 0 aromatic heterocycles. The van der Waals surface area contributed by atoms with Crippen molar-refractivity contribution < 1.29 is 9.59 Å². The van der Waals surface area contributed by atoms with Crippen LogP contribution in [0.25, 0.3) is 0 Å². The summed E-state index contributed by atoms with van der Waals surface area (Å²) in [5.41, 5.74) is 6.30. The number of nitrogens with one attached hydrogen (secondary N) is 2. The van der Waals surface area contributed by atoms with Crippen molar-refractivity contribution >= 4 is 17.6 Å². The van der Waals surface area contributed by atoms with Gasteiger partial charge >= 0.3 is 0 Å². The van der Waals surface area contributed by atoms with E-state index < -0.39 is 5.91 Å². The van der Waals surface area contributed by atoms with Crippen LogP contribution in [-0.2, 0) is 0 Å². The number of nitrogens with zero attached hydrogens (tertiary/aromatic N) is 1. The van der Waals surface area contributed by atoms with E-state index in [0.717, 1.165) is 0 Å². The van der Waals surface area contributed by atoms with E-state index in [1.165, 1.54) is 6.07 Å². The Balaban J connectivity index is 3.30. The molecule has 1 aromatic carbocycles. The molecule has 1 aromatic rings. The molecule has 0 spiro atoms. The Labute approximate surface area is 160 Å². The quantitative estimate of drug-likeness (QED) is 0.355. The van der Waals surface area contributed by atoms with Crippen molar-refractivity contribution in [3.05, 3.63) is 71.3 Å². The minimum atomic E-state index is -0.615. The molecule has 144 valence electrons. The molecule has 0 aliphatic carbocycles. The molecule has 0 saturated carbocycles. The van der Waals surface area contributed by atoms with E-state index in [2.05, 4.69) is 5.32 Å². The molecule has 0 fully saturated rings. The zero-order valence-corrected chi connectivity index (χ0v) is 16.2. The maximum absolute atomic E-state index is 12.6. The van der Waals surface area contributed by atoms with Gasteiger partial charge < -0.3 is 16.0 Å². The first-order valence-corrected chi connectivity index (χ1v) is 8.85.